The van der Waals surface area contributed by atoms with E-state index in [0.717, 1.165) is 201 Å². The van der Waals surface area contributed by atoms with Crippen LogP contribution in [0.15, 0.2) is 291 Å². The topological polar surface area (TPSA) is 190 Å². The van der Waals surface area contributed by atoms with Crippen molar-refractivity contribution in [1.29, 1.82) is 0 Å². The largest absolute Gasteiger partial charge is 0.489 e. The first-order valence-electron chi connectivity index (χ1n) is 41.8. The Balaban J connectivity index is 0.538. The molecule has 16 bridgehead atoms. The van der Waals surface area contributed by atoms with Gasteiger partial charge in [-0.2, -0.15) is 0 Å². The number of nitrogen functional groups attached to an aromatic ring is 1. The van der Waals surface area contributed by atoms with Crippen LogP contribution in [-0.4, -0.2) is 54.7 Å². The number of nitrogens with zero attached hydrogens (tertiary/aromatic N) is 7. The third-order valence-electron chi connectivity index (χ3n) is 23.8. The van der Waals surface area contributed by atoms with Crippen molar-refractivity contribution in [3.63, 3.8) is 0 Å². The van der Waals surface area contributed by atoms with Crippen molar-refractivity contribution in [2.75, 3.05) is 5.84 Å². The Hall–Kier alpha value is -16.1. The summed E-state index contributed by atoms with van der Waals surface area (Å²) in [6, 6.07) is 102. The average molecular weight is 1610 g/mol. The van der Waals surface area contributed by atoms with Crippen LogP contribution in [0.3, 0.4) is 0 Å². The van der Waals surface area contributed by atoms with Gasteiger partial charge in [0.1, 0.15) is 24.7 Å². The standard InChI is InChI=1S/C110H84N12O2/c1-65-7-23-73(24-8-65)101-85-47-51-89(112-85)103(75-27-11-67(3)12-28-75)93-55-59-97(116-93)107(98-60-56-94(117-98)104(90-52-48-86(101)113-90)76-29-13-68(4)14-30-76)79-35-19-71(20-36-79)63-123-83-43-39-81(40-44-83)109-120-121-110(122(109)111)82-41-45-84(46-42-82)124-64-72-21-37-80(38-22-72)108-99-61-57-95(118-99)105(77-31-15-69(5)16-32-77)91-53-49-87(114-91)102(74-25-9-66(2)10-26-74)88-50-54-92(115-88)106(96-58-62-100(108)119-96)78-33-17-70(6)18-34-78/h7-62,112,114,117,119H,63-64,111H2,1-6H3. The Morgan fingerprint density at radius 3 is 0.573 bits per heavy atom. The van der Waals surface area contributed by atoms with Gasteiger partial charge in [0.2, 0.25) is 0 Å². The van der Waals surface area contributed by atoms with Crippen LogP contribution in [0.4, 0.5) is 0 Å². The molecule has 4 aliphatic heterocycles. The molecule has 14 heteroatoms. The van der Waals surface area contributed by atoms with E-state index in [-0.39, 0.29) is 0 Å². The first-order chi connectivity index (χ1) is 60.7. The fraction of sp³-hybridized carbons (Fsp3) is 0.0727. The molecule has 21 rings (SSSR count). The Labute approximate surface area is 717 Å². The lowest BCUT2D eigenvalue weighted by atomic mass is 10.0. The van der Waals surface area contributed by atoms with Crippen molar-refractivity contribution in [2.24, 2.45) is 0 Å². The number of aromatic amines is 4. The molecule has 7 aromatic heterocycles. The molecule has 4 aliphatic rings. The molecule has 14 nitrogen and oxygen atoms in total. The third-order valence-corrected chi connectivity index (χ3v) is 23.8. The van der Waals surface area contributed by atoms with Crippen LogP contribution in [0.5, 0.6) is 11.5 Å². The Morgan fingerprint density at radius 1 is 0.218 bits per heavy atom. The molecule has 6 N–H and O–H groups in total. The predicted octanol–water partition coefficient (Wildman–Crippen LogP) is 26.6. The minimum atomic E-state index is 0.334. The van der Waals surface area contributed by atoms with Gasteiger partial charge in [0, 0.05) is 99.8 Å². The molecule has 0 atom stereocenters. The molecule has 0 saturated heterocycles. The zero-order valence-electron chi connectivity index (χ0n) is 69.3. The van der Waals surface area contributed by atoms with Crippen molar-refractivity contribution in [2.45, 2.75) is 54.8 Å². The van der Waals surface area contributed by atoms with E-state index in [2.05, 4.69) is 363 Å². The van der Waals surface area contributed by atoms with E-state index in [1.54, 1.807) is 0 Å². The van der Waals surface area contributed by atoms with Crippen LogP contribution in [0.25, 0.3) is 205 Å². The number of rotatable bonds is 16. The minimum absolute atomic E-state index is 0.334. The molecule has 11 heterocycles. The summed E-state index contributed by atoms with van der Waals surface area (Å²) in [5.41, 5.74) is 41.3. The summed E-state index contributed by atoms with van der Waals surface area (Å²) >= 11 is 0. The number of benzene rings is 10. The highest BCUT2D eigenvalue weighted by molar-refractivity contribution is 6.03. The number of aromatic nitrogens is 11. The first-order valence-corrected chi connectivity index (χ1v) is 41.8. The quantitative estimate of drug-likeness (QED) is 0.0586. The number of aryl methyl sites for hydroxylation is 6. The van der Waals surface area contributed by atoms with E-state index in [1.165, 1.54) is 38.1 Å². The van der Waals surface area contributed by atoms with E-state index >= 15 is 0 Å². The van der Waals surface area contributed by atoms with Gasteiger partial charge in [0.25, 0.3) is 0 Å². The van der Waals surface area contributed by atoms with Crippen molar-refractivity contribution in [1.82, 2.24) is 54.7 Å². The van der Waals surface area contributed by atoms with Crippen molar-refractivity contribution >= 4 is 92.7 Å². The second-order valence-corrected chi connectivity index (χ2v) is 32.4. The monoisotopic (exact) mass is 1600 g/mol. The van der Waals surface area contributed by atoms with Gasteiger partial charge in [0.15, 0.2) is 11.6 Å². The normalized spacial score (nSPS) is 12.1. The smallest absolute Gasteiger partial charge is 0.182 e. The Kier molecular flexibility index (Phi) is 19.2. The molecular weight excluding hydrogens is 1520 g/mol. The lowest BCUT2D eigenvalue weighted by Crippen LogP contribution is -2.11. The van der Waals surface area contributed by atoms with Gasteiger partial charge in [-0.3, -0.25) is 0 Å². The predicted molar refractivity (Wildman–Crippen MR) is 509 cm³/mol. The van der Waals surface area contributed by atoms with Gasteiger partial charge >= 0.3 is 0 Å². The lowest BCUT2D eigenvalue weighted by Gasteiger charge is -2.10. The van der Waals surface area contributed by atoms with Crippen LogP contribution >= 0.6 is 0 Å². The summed E-state index contributed by atoms with van der Waals surface area (Å²) in [6.45, 7) is 13.4. The molecule has 596 valence electrons. The number of ether oxygens (including phenoxy) is 2. The van der Waals surface area contributed by atoms with E-state index in [4.69, 9.17) is 35.3 Å². The molecule has 0 fully saturated rings. The maximum absolute atomic E-state index is 6.84. The van der Waals surface area contributed by atoms with Crippen molar-refractivity contribution in [3.8, 4) is 123 Å². The molecule has 124 heavy (non-hydrogen) atoms. The maximum atomic E-state index is 6.84. The summed E-state index contributed by atoms with van der Waals surface area (Å²) < 4.78 is 14.5. The second kappa shape index (κ2) is 31.6. The molecule has 0 aliphatic carbocycles. The van der Waals surface area contributed by atoms with Crippen molar-refractivity contribution < 1.29 is 9.47 Å². The zero-order chi connectivity index (χ0) is 83.6. The summed E-state index contributed by atoms with van der Waals surface area (Å²) in [4.78, 5) is 37.7. The van der Waals surface area contributed by atoms with Gasteiger partial charge in [0.05, 0.1) is 45.6 Å². The average Bonchev–Trinajstić information content (AvgIpc) is 1.63. The van der Waals surface area contributed by atoms with Gasteiger partial charge in [-0.05, 0) is 243 Å². The minimum Gasteiger partial charge on any atom is -0.489 e. The number of fused-ring (bicyclic) bond motifs is 16. The van der Waals surface area contributed by atoms with E-state index in [9.17, 15) is 0 Å². The highest BCUT2D eigenvalue weighted by Crippen LogP contribution is 2.43. The Morgan fingerprint density at radius 2 is 0.387 bits per heavy atom. The lowest BCUT2D eigenvalue weighted by molar-refractivity contribution is 0.306. The van der Waals surface area contributed by atoms with Gasteiger partial charge < -0.3 is 35.3 Å². The van der Waals surface area contributed by atoms with Crippen LogP contribution < -0.4 is 15.3 Å². The van der Waals surface area contributed by atoms with Crippen LogP contribution in [0, 0.1) is 41.5 Å². The summed E-state index contributed by atoms with van der Waals surface area (Å²) in [5.74, 6) is 9.25. The highest BCUT2D eigenvalue weighted by atomic mass is 16.5. The van der Waals surface area contributed by atoms with Crippen molar-refractivity contribution in [3.05, 3.63) is 381 Å². The molecule has 17 aromatic rings. The third kappa shape index (κ3) is 14.6. The second-order valence-electron chi connectivity index (χ2n) is 32.4. The van der Waals surface area contributed by atoms with E-state index < -0.39 is 0 Å². The number of hydrogen-bond acceptors (Lipinski definition) is 9. The number of H-pyrrole nitrogens is 4. The van der Waals surface area contributed by atoms with E-state index in [0.29, 0.717) is 36.4 Å². The van der Waals surface area contributed by atoms with Gasteiger partial charge in [-0.25, -0.2) is 24.6 Å². The summed E-state index contributed by atoms with van der Waals surface area (Å²) in [5, 5.41) is 9.15. The molecule has 0 saturated carbocycles. The molecule has 0 radical (unpaired) electrons. The van der Waals surface area contributed by atoms with Crippen LogP contribution in [0.1, 0.15) is 90.1 Å². The SMILES string of the molecule is Cc1ccc(-c2c3nc(c(-c4ccc(C)cc4)c4ccc([nH]4)c(-c4ccc(COc5ccc(-c6nnc(-c7ccc(OCc8ccc(-c9c%10nc(c(-c%11ccc(C)cc%11)c%11ccc([nH]%11)c(-c%11ccc(C)cc%11)c%11nc(c(-c%12ccc(C)cc%12)c%12ccc9[nH]%12)C=C%11)C=C%10)cc8)cc7)n6N)cc5)cc4)c4nc(c(-c5ccc(C)cc5)c5ccc2[nH]5)C=C4)C=C3)cc1. The summed E-state index contributed by atoms with van der Waals surface area (Å²) in [6.07, 6.45) is 17.1. The number of nitrogens with two attached hydrogens (primary N) is 1. The van der Waals surface area contributed by atoms with E-state index in [1.807, 2.05) is 48.5 Å². The maximum Gasteiger partial charge on any atom is 0.182 e. The van der Waals surface area contributed by atoms with Gasteiger partial charge in [-0.15, -0.1) is 10.2 Å². The number of nitrogens with one attached hydrogen (secondary N) is 4. The highest BCUT2D eigenvalue weighted by Gasteiger charge is 2.24. The molecular formula is C110H84N12O2. The molecule has 0 spiro atoms. The molecule has 0 amide bonds. The molecule has 0 unspecified atom stereocenters. The molecule has 10 aromatic carbocycles. The fourth-order valence-electron chi connectivity index (χ4n) is 17.1. The zero-order valence-corrected chi connectivity index (χ0v) is 69.3. The summed E-state index contributed by atoms with van der Waals surface area (Å²) in [7, 11) is 0. The van der Waals surface area contributed by atoms with Crippen LogP contribution in [-0.2, 0) is 13.2 Å². The Bertz CT molecular complexity index is 7030. The number of hydrogen-bond donors (Lipinski definition) is 5. The fourth-order valence-corrected chi connectivity index (χ4v) is 17.1. The van der Waals surface area contributed by atoms with Crippen LogP contribution in [0.2, 0.25) is 0 Å². The first kappa shape index (κ1) is 75.4. The van der Waals surface area contributed by atoms with Gasteiger partial charge in [-0.1, -0.05) is 228 Å².